The summed E-state index contributed by atoms with van der Waals surface area (Å²) in [6, 6.07) is 3.89. The number of aromatic nitrogens is 1. The number of pyridine rings is 1. The second kappa shape index (κ2) is 6.48. The van der Waals surface area contributed by atoms with Crippen molar-refractivity contribution >= 4 is 5.82 Å². The molecule has 0 fully saturated rings. The molecule has 0 bridgehead atoms. The van der Waals surface area contributed by atoms with Crippen molar-refractivity contribution in [2.24, 2.45) is 5.92 Å². The van der Waals surface area contributed by atoms with Gasteiger partial charge in [-0.1, -0.05) is 27.2 Å². The number of nitrogens with one attached hydrogen (secondary N) is 1. The molecular weight excluding hydrogens is 200 g/mol. The first-order chi connectivity index (χ1) is 7.65. The summed E-state index contributed by atoms with van der Waals surface area (Å²) >= 11 is 0. The second-order valence-electron chi connectivity index (χ2n) is 4.53. The van der Waals surface area contributed by atoms with Crippen LogP contribution in [0.25, 0.3) is 0 Å². The SMILES string of the molecule is CCCc1cc(CO)cc(NCC(C)C)n1. The van der Waals surface area contributed by atoms with Crippen LogP contribution >= 0.6 is 0 Å². The average Bonchev–Trinajstić information content (AvgIpc) is 2.26. The van der Waals surface area contributed by atoms with E-state index in [0.29, 0.717) is 5.92 Å². The quantitative estimate of drug-likeness (QED) is 0.777. The van der Waals surface area contributed by atoms with Crippen LogP contribution in [0.4, 0.5) is 5.82 Å². The molecule has 0 spiro atoms. The molecule has 3 nitrogen and oxygen atoms in total. The van der Waals surface area contributed by atoms with Crippen LogP contribution < -0.4 is 5.32 Å². The third-order valence-electron chi connectivity index (χ3n) is 2.32. The molecule has 0 saturated carbocycles. The van der Waals surface area contributed by atoms with Gasteiger partial charge in [0.2, 0.25) is 0 Å². The van der Waals surface area contributed by atoms with E-state index >= 15 is 0 Å². The largest absolute Gasteiger partial charge is 0.392 e. The topological polar surface area (TPSA) is 45.1 Å². The monoisotopic (exact) mass is 222 g/mol. The van der Waals surface area contributed by atoms with E-state index in [1.54, 1.807) is 0 Å². The molecule has 1 rings (SSSR count). The Hall–Kier alpha value is -1.09. The lowest BCUT2D eigenvalue weighted by molar-refractivity contribution is 0.281. The Kier molecular flexibility index (Phi) is 5.26. The Balaban J connectivity index is 2.77. The maximum atomic E-state index is 9.18. The first-order valence-corrected chi connectivity index (χ1v) is 6.00. The van der Waals surface area contributed by atoms with Gasteiger partial charge in [-0.2, -0.15) is 0 Å². The number of aryl methyl sites for hydroxylation is 1. The molecule has 90 valence electrons. The van der Waals surface area contributed by atoms with Crippen LogP contribution in [0, 0.1) is 5.92 Å². The van der Waals surface area contributed by atoms with Gasteiger partial charge in [0, 0.05) is 12.2 Å². The minimum atomic E-state index is 0.0790. The van der Waals surface area contributed by atoms with E-state index in [4.69, 9.17) is 0 Å². The van der Waals surface area contributed by atoms with Crippen LogP contribution in [0.15, 0.2) is 12.1 Å². The third-order valence-corrected chi connectivity index (χ3v) is 2.32. The normalized spacial score (nSPS) is 10.8. The predicted molar refractivity (Wildman–Crippen MR) is 67.5 cm³/mol. The van der Waals surface area contributed by atoms with Gasteiger partial charge >= 0.3 is 0 Å². The Morgan fingerprint density at radius 2 is 2.12 bits per heavy atom. The van der Waals surface area contributed by atoms with Crippen molar-refractivity contribution in [2.75, 3.05) is 11.9 Å². The zero-order valence-corrected chi connectivity index (χ0v) is 10.5. The molecule has 0 saturated heterocycles. The number of nitrogens with zero attached hydrogens (tertiary/aromatic N) is 1. The van der Waals surface area contributed by atoms with Crippen molar-refractivity contribution in [3.63, 3.8) is 0 Å². The fourth-order valence-electron chi connectivity index (χ4n) is 1.53. The van der Waals surface area contributed by atoms with Crippen molar-refractivity contribution < 1.29 is 5.11 Å². The van der Waals surface area contributed by atoms with E-state index in [-0.39, 0.29) is 6.61 Å². The zero-order chi connectivity index (χ0) is 12.0. The van der Waals surface area contributed by atoms with Crippen molar-refractivity contribution in [2.45, 2.75) is 40.2 Å². The van der Waals surface area contributed by atoms with Crippen molar-refractivity contribution in [3.05, 3.63) is 23.4 Å². The molecule has 0 unspecified atom stereocenters. The predicted octanol–water partition coefficient (Wildman–Crippen LogP) is 2.59. The van der Waals surface area contributed by atoms with Crippen molar-refractivity contribution in [1.82, 2.24) is 4.98 Å². The van der Waals surface area contributed by atoms with E-state index < -0.39 is 0 Å². The van der Waals surface area contributed by atoms with Crippen LogP contribution in [0.3, 0.4) is 0 Å². The molecule has 0 atom stereocenters. The number of aliphatic hydroxyl groups is 1. The number of hydrogen-bond donors (Lipinski definition) is 2. The lowest BCUT2D eigenvalue weighted by atomic mass is 10.1. The smallest absolute Gasteiger partial charge is 0.126 e. The van der Waals surface area contributed by atoms with Crippen molar-refractivity contribution in [1.29, 1.82) is 0 Å². The van der Waals surface area contributed by atoms with Crippen LogP contribution in [0.2, 0.25) is 0 Å². The highest BCUT2D eigenvalue weighted by molar-refractivity contribution is 5.39. The number of anilines is 1. The van der Waals surface area contributed by atoms with Crippen LogP contribution in [-0.2, 0) is 13.0 Å². The van der Waals surface area contributed by atoms with Gasteiger partial charge in [0.15, 0.2) is 0 Å². The van der Waals surface area contributed by atoms with Gasteiger partial charge < -0.3 is 10.4 Å². The molecule has 16 heavy (non-hydrogen) atoms. The van der Waals surface area contributed by atoms with E-state index in [1.165, 1.54) is 0 Å². The van der Waals surface area contributed by atoms with Gasteiger partial charge in [-0.3, -0.25) is 0 Å². The van der Waals surface area contributed by atoms with Gasteiger partial charge in [-0.25, -0.2) is 4.98 Å². The van der Waals surface area contributed by atoms with E-state index in [1.807, 2.05) is 12.1 Å². The van der Waals surface area contributed by atoms with Gasteiger partial charge in [0.25, 0.3) is 0 Å². The van der Waals surface area contributed by atoms with Gasteiger partial charge in [0.05, 0.1) is 6.61 Å². The molecule has 3 heteroatoms. The summed E-state index contributed by atoms with van der Waals surface area (Å²) in [6.45, 7) is 7.45. The van der Waals surface area contributed by atoms with Crippen LogP contribution in [0.5, 0.6) is 0 Å². The third kappa shape index (κ3) is 4.19. The lowest BCUT2D eigenvalue weighted by Gasteiger charge is -2.11. The molecule has 0 aliphatic heterocycles. The molecule has 0 amide bonds. The molecule has 1 aromatic heterocycles. The summed E-state index contributed by atoms with van der Waals surface area (Å²) in [5.74, 6) is 1.47. The molecule has 2 N–H and O–H groups in total. The highest BCUT2D eigenvalue weighted by atomic mass is 16.3. The minimum absolute atomic E-state index is 0.0790. The number of rotatable bonds is 6. The summed E-state index contributed by atoms with van der Waals surface area (Å²) in [4.78, 5) is 4.52. The summed E-state index contributed by atoms with van der Waals surface area (Å²) in [5.41, 5.74) is 1.99. The first kappa shape index (κ1) is 13.0. The Morgan fingerprint density at radius 1 is 1.38 bits per heavy atom. The fourth-order valence-corrected chi connectivity index (χ4v) is 1.53. The Morgan fingerprint density at radius 3 is 2.69 bits per heavy atom. The minimum Gasteiger partial charge on any atom is -0.392 e. The highest BCUT2D eigenvalue weighted by Gasteiger charge is 2.02. The molecule has 0 aromatic carbocycles. The highest BCUT2D eigenvalue weighted by Crippen LogP contribution is 2.12. The standard InChI is InChI=1S/C13H22N2O/c1-4-5-12-6-11(9-16)7-13(15-12)14-8-10(2)3/h6-7,10,16H,4-5,8-9H2,1-3H3,(H,14,15). The zero-order valence-electron chi connectivity index (χ0n) is 10.5. The Labute approximate surface area is 97.9 Å². The summed E-state index contributed by atoms with van der Waals surface area (Å²) in [5, 5.41) is 12.5. The van der Waals surface area contributed by atoms with Crippen LogP contribution in [-0.4, -0.2) is 16.6 Å². The van der Waals surface area contributed by atoms with Crippen LogP contribution in [0.1, 0.15) is 38.4 Å². The van der Waals surface area contributed by atoms with Gasteiger partial charge in [-0.15, -0.1) is 0 Å². The van der Waals surface area contributed by atoms with E-state index in [0.717, 1.165) is 36.5 Å². The number of hydrogen-bond acceptors (Lipinski definition) is 3. The fraction of sp³-hybridized carbons (Fsp3) is 0.615. The molecular formula is C13H22N2O. The lowest BCUT2D eigenvalue weighted by Crippen LogP contribution is -2.10. The number of aliphatic hydroxyl groups excluding tert-OH is 1. The van der Waals surface area contributed by atoms with Crippen molar-refractivity contribution in [3.8, 4) is 0 Å². The molecule has 0 aliphatic carbocycles. The molecule has 1 heterocycles. The molecule has 0 aliphatic rings. The van der Waals surface area contributed by atoms with Gasteiger partial charge in [-0.05, 0) is 30.0 Å². The maximum absolute atomic E-state index is 9.18. The molecule has 1 aromatic rings. The van der Waals surface area contributed by atoms with E-state index in [9.17, 15) is 5.11 Å². The summed E-state index contributed by atoms with van der Waals surface area (Å²) in [6.07, 6.45) is 2.04. The second-order valence-corrected chi connectivity index (χ2v) is 4.53. The average molecular weight is 222 g/mol. The van der Waals surface area contributed by atoms with E-state index in [2.05, 4.69) is 31.1 Å². The first-order valence-electron chi connectivity index (χ1n) is 6.00. The van der Waals surface area contributed by atoms with Gasteiger partial charge in [0.1, 0.15) is 5.82 Å². The molecule has 0 radical (unpaired) electrons. The summed E-state index contributed by atoms with van der Waals surface area (Å²) < 4.78 is 0. The summed E-state index contributed by atoms with van der Waals surface area (Å²) in [7, 11) is 0. The Bertz CT molecular complexity index is 324. The maximum Gasteiger partial charge on any atom is 0.126 e.